The highest BCUT2D eigenvalue weighted by Crippen LogP contribution is 2.41. The zero-order valence-corrected chi connectivity index (χ0v) is 12.5. The summed E-state index contributed by atoms with van der Waals surface area (Å²) < 4.78 is 6.44. The van der Waals surface area contributed by atoms with Crippen molar-refractivity contribution in [3.05, 3.63) is 28.3 Å². The largest absolute Gasteiger partial charge is 0.489 e. The van der Waals surface area contributed by atoms with E-state index in [4.69, 9.17) is 16.3 Å². The van der Waals surface area contributed by atoms with Crippen molar-refractivity contribution in [1.82, 2.24) is 5.32 Å². The molecule has 1 N–H and O–H groups in total. The molecule has 0 aromatic heterocycles. The number of aryl methyl sites for hydroxylation is 2. The van der Waals surface area contributed by atoms with E-state index in [1.165, 1.54) is 19.3 Å². The Morgan fingerprint density at radius 2 is 1.84 bits per heavy atom. The number of rotatable bonds is 4. The summed E-state index contributed by atoms with van der Waals surface area (Å²) in [6, 6.07) is 4.00. The van der Waals surface area contributed by atoms with Gasteiger partial charge in [-0.2, -0.15) is 0 Å². The van der Waals surface area contributed by atoms with E-state index >= 15 is 0 Å². The van der Waals surface area contributed by atoms with Gasteiger partial charge in [0.25, 0.3) is 0 Å². The van der Waals surface area contributed by atoms with E-state index in [1.54, 1.807) is 0 Å². The summed E-state index contributed by atoms with van der Waals surface area (Å²) in [6.07, 6.45) is 4.28. The summed E-state index contributed by atoms with van der Waals surface area (Å²) in [5.74, 6) is 2.48. The first-order valence-electron chi connectivity index (χ1n) is 7.29. The molecule has 1 aliphatic heterocycles. The lowest BCUT2D eigenvalue weighted by Gasteiger charge is -2.26. The number of ether oxygens (including phenoxy) is 1. The molecular formula is C16H22ClNO. The third-order valence-corrected chi connectivity index (χ3v) is 4.55. The summed E-state index contributed by atoms with van der Waals surface area (Å²) in [5.41, 5.74) is 2.31. The van der Waals surface area contributed by atoms with Crippen LogP contribution in [0.15, 0.2) is 12.1 Å². The molecular weight excluding hydrogens is 258 g/mol. The van der Waals surface area contributed by atoms with E-state index in [0.29, 0.717) is 12.0 Å². The number of halogens is 1. The van der Waals surface area contributed by atoms with Gasteiger partial charge in [0.2, 0.25) is 0 Å². The van der Waals surface area contributed by atoms with Crippen molar-refractivity contribution < 1.29 is 4.74 Å². The lowest BCUT2D eigenvalue weighted by molar-refractivity contribution is 0.119. The topological polar surface area (TPSA) is 21.3 Å². The zero-order chi connectivity index (χ0) is 13.4. The van der Waals surface area contributed by atoms with Crippen LogP contribution in [0.3, 0.4) is 0 Å². The van der Waals surface area contributed by atoms with Gasteiger partial charge in [0, 0.05) is 17.5 Å². The van der Waals surface area contributed by atoms with Crippen LogP contribution in [0, 0.1) is 25.7 Å². The van der Waals surface area contributed by atoms with Gasteiger partial charge >= 0.3 is 0 Å². The Morgan fingerprint density at radius 3 is 2.37 bits per heavy atom. The van der Waals surface area contributed by atoms with Crippen molar-refractivity contribution >= 4 is 11.6 Å². The molecule has 19 heavy (non-hydrogen) atoms. The Morgan fingerprint density at radius 1 is 1.16 bits per heavy atom. The quantitative estimate of drug-likeness (QED) is 0.907. The third-order valence-electron chi connectivity index (χ3n) is 4.33. The van der Waals surface area contributed by atoms with Gasteiger partial charge in [-0.05, 0) is 68.8 Å². The first kappa shape index (κ1) is 13.3. The summed E-state index contributed by atoms with van der Waals surface area (Å²) in [6.45, 7) is 6.42. The molecule has 1 aromatic rings. The van der Waals surface area contributed by atoms with Crippen molar-refractivity contribution in [1.29, 1.82) is 0 Å². The van der Waals surface area contributed by atoms with Crippen molar-refractivity contribution in [3.8, 4) is 5.75 Å². The highest BCUT2D eigenvalue weighted by atomic mass is 35.5. The molecule has 1 aromatic carbocycles. The van der Waals surface area contributed by atoms with Gasteiger partial charge in [-0.25, -0.2) is 0 Å². The van der Waals surface area contributed by atoms with Gasteiger partial charge in [0.1, 0.15) is 11.9 Å². The minimum absolute atomic E-state index is 0.383. The molecule has 2 aliphatic rings. The third kappa shape index (κ3) is 2.90. The predicted molar refractivity (Wildman–Crippen MR) is 79.0 cm³/mol. The average molecular weight is 280 g/mol. The molecule has 0 radical (unpaired) electrons. The Kier molecular flexibility index (Phi) is 3.72. The number of benzene rings is 1. The number of hydrogen-bond acceptors (Lipinski definition) is 2. The number of hydrogen-bond donors (Lipinski definition) is 1. The lowest BCUT2D eigenvalue weighted by atomic mass is 9.97. The van der Waals surface area contributed by atoms with Crippen LogP contribution in [0.4, 0.5) is 0 Å². The Bertz CT molecular complexity index is 441. The van der Waals surface area contributed by atoms with E-state index in [-0.39, 0.29) is 0 Å². The molecule has 2 atom stereocenters. The van der Waals surface area contributed by atoms with Crippen LogP contribution in [0.2, 0.25) is 5.02 Å². The minimum Gasteiger partial charge on any atom is -0.489 e. The van der Waals surface area contributed by atoms with Crippen LogP contribution in [0.1, 0.15) is 30.4 Å². The van der Waals surface area contributed by atoms with Crippen molar-refractivity contribution in [2.45, 2.75) is 39.2 Å². The molecule has 0 unspecified atom stereocenters. The molecule has 1 saturated carbocycles. The average Bonchev–Trinajstić information content (AvgIpc) is 3.03. The highest BCUT2D eigenvalue weighted by molar-refractivity contribution is 6.30. The van der Waals surface area contributed by atoms with Gasteiger partial charge in [0.05, 0.1) is 0 Å². The minimum atomic E-state index is 0.383. The first-order valence-corrected chi connectivity index (χ1v) is 7.67. The summed E-state index contributed by atoms with van der Waals surface area (Å²) in [5, 5.41) is 4.26. The predicted octanol–water partition coefficient (Wildman–Crippen LogP) is 3.72. The monoisotopic (exact) mass is 279 g/mol. The maximum absolute atomic E-state index is 6.44. The molecule has 1 saturated heterocycles. The molecule has 0 amide bonds. The van der Waals surface area contributed by atoms with E-state index in [9.17, 15) is 0 Å². The SMILES string of the molecule is Cc1cc(Cl)cc(C)c1O[C@@H](C1CC1)[C@H]1CCNC1. The normalized spacial score (nSPS) is 24.5. The Hall–Kier alpha value is -0.730. The van der Waals surface area contributed by atoms with E-state index < -0.39 is 0 Å². The molecule has 104 valence electrons. The molecule has 1 aliphatic carbocycles. The maximum atomic E-state index is 6.44. The highest BCUT2D eigenvalue weighted by Gasteiger charge is 2.39. The van der Waals surface area contributed by atoms with E-state index in [0.717, 1.165) is 40.9 Å². The summed E-state index contributed by atoms with van der Waals surface area (Å²) in [7, 11) is 0. The Labute approximate surface area is 120 Å². The molecule has 2 nitrogen and oxygen atoms in total. The van der Waals surface area contributed by atoms with Crippen LogP contribution in [0.25, 0.3) is 0 Å². The van der Waals surface area contributed by atoms with Gasteiger partial charge in [-0.3, -0.25) is 0 Å². The second-order valence-electron chi connectivity index (χ2n) is 6.04. The van der Waals surface area contributed by atoms with Gasteiger partial charge < -0.3 is 10.1 Å². The van der Waals surface area contributed by atoms with E-state index in [2.05, 4.69) is 19.2 Å². The smallest absolute Gasteiger partial charge is 0.125 e. The van der Waals surface area contributed by atoms with Crippen LogP contribution in [-0.2, 0) is 0 Å². The van der Waals surface area contributed by atoms with Crippen molar-refractivity contribution in [2.24, 2.45) is 11.8 Å². The molecule has 3 rings (SSSR count). The maximum Gasteiger partial charge on any atom is 0.125 e. The Balaban J connectivity index is 1.81. The van der Waals surface area contributed by atoms with Gasteiger partial charge in [0.15, 0.2) is 0 Å². The fourth-order valence-electron chi connectivity index (χ4n) is 3.18. The molecule has 0 spiro atoms. The van der Waals surface area contributed by atoms with Crippen molar-refractivity contribution in [3.63, 3.8) is 0 Å². The summed E-state index contributed by atoms with van der Waals surface area (Å²) in [4.78, 5) is 0. The van der Waals surface area contributed by atoms with Gasteiger partial charge in [-0.15, -0.1) is 0 Å². The molecule has 2 fully saturated rings. The zero-order valence-electron chi connectivity index (χ0n) is 11.7. The van der Waals surface area contributed by atoms with E-state index in [1.807, 2.05) is 12.1 Å². The lowest BCUT2D eigenvalue weighted by Crippen LogP contribution is -2.31. The standard InChI is InChI=1S/C16H22ClNO/c1-10-7-14(17)8-11(2)15(10)19-16(12-3-4-12)13-5-6-18-9-13/h7-8,12-13,16,18H,3-6,9H2,1-2H3/t13-,16-/m0/s1. The fraction of sp³-hybridized carbons (Fsp3) is 0.625. The molecule has 0 bridgehead atoms. The van der Waals surface area contributed by atoms with Crippen LogP contribution < -0.4 is 10.1 Å². The number of nitrogens with one attached hydrogen (secondary N) is 1. The summed E-state index contributed by atoms with van der Waals surface area (Å²) >= 11 is 6.10. The van der Waals surface area contributed by atoms with Crippen LogP contribution >= 0.6 is 11.6 Å². The first-order chi connectivity index (χ1) is 9.15. The van der Waals surface area contributed by atoms with Crippen LogP contribution in [-0.4, -0.2) is 19.2 Å². The second-order valence-corrected chi connectivity index (χ2v) is 6.48. The fourth-order valence-corrected chi connectivity index (χ4v) is 3.51. The van der Waals surface area contributed by atoms with Crippen LogP contribution in [0.5, 0.6) is 5.75 Å². The van der Waals surface area contributed by atoms with Gasteiger partial charge in [-0.1, -0.05) is 11.6 Å². The molecule has 3 heteroatoms. The molecule has 1 heterocycles. The second kappa shape index (κ2) is 5.34. The van der Waals surface area contributed by atoms with Crippen molar-refractivity contribution in [2.75, 3.05) is 13.1 Å².